The van der Waals surface area contributed by atoms with Crippen LogP contribution in [0.3, 0.4) is 0 Å². The maximum Gasteiger partial charge on any atom is 0.270 e. The molecule has 8 nitrogen and oxygen atoms in total. The molecule has 1 heterocycles. The Balaban J connectivity index is 1.96. The van der Waals surface area contributed by atoms with Crippen molar-refractivity contribution in [1.82, 2.24) is 5.16 Å². The molecule has 0 aliphatic carbocycles. The van der Waals surface area contributed by atoms with Gasteiger partial charge in [-0.1, -0.05) is 22.8 Å². The third-order valence-electron chi connectivity index (χ3n) is 3.83. The van der Waals surface area contributed by atoms with Gasteiger partial charge >= 0.3 is 0 Å². The van der Waals surface area contributed by atoms with E-state index in [1.807, 2.05) is 0 Å². The van der Waals surface area contributed by atoms with Gasteiger partial charge in [-0.2, -0.15) is 0 Å². The van der Waals surface area contributed by atoms with Crippen LogP contribution >= 0.6 is 11.6 Å². The maximum absolute atomic E-state index is 12.9. The summed E-state index contributed by atoms with van der Waals surface area (Å²) in [5.41, 5.74) is 0.569. The Morgan fingerprint density at radius 2 is 1.61 bits per heavy atom. The van der Waals surface area contributed by atoms with E-state index in [0.29, 0.717) is 22.1 Å². The Labute approximate surface area is 167 Å². The summed E-state index contributed by atoms with van der Waals surface area (Å²) in [5, 5.41) is 4.27. The number of nitrogens with one attached hydrogen (secondary N) is 1. The average Bonchev–Trinajstić information content (AvgIpc) is 3.14. The molecule has 1 N–H and O–H groups in total. The lowest BCUT2D eigenvalue weighted by Crippen LogP contribution is -2.15. The molecule has 0 saturated carbocycles. The van der Waals surface area contributed by atoms with E-state index in [1.54, 1.807) is 24.3 Å². The molecule has 3 aromatic rings. The van der Waals surface area contributed by atoms with Crippen LogP contribution < -0.4 is 18.9 Å². The van der Waals surface area contributed by atoms with E-state index in [9.17, 15) is 8.42 Å². The van der Waals surface area contributed by atoms with E-state index in [-0.39, 0.29) is 22.2 Å². The number of rotatable bonds is 7. The molecule has 0 amide bonds. The van der Waals surface area contributed by atoms with Gasteiger partial charge in [0, 0.05) is 11.1 Å². The lowest BCUT2D eigenvalue weighted by atomic mass is 10.1. The van der Waals surface area contributed by atoms with Crippen LogP contribution in [0.5, 0.6) is 17.2 Å². The van der Waals surface area contributed by atoms with E-state index < -0.39 is 10.0 Å². The van der Waals surface area contributed by atoms with E-state index in [0.717, 1.165) is 0 Å². The zero-order chi connectivity index (χ0) is 20.3. The second kappa shape index (κ2) is 7.99. The molecule has 3 rings (SSSR count). The molecule has 1 aromatic heterocycles. The number of anilines is 1. The Morgan fingerprint density at radius 1 is 0.964 bits per heavy atom. The van der Waals surface area contributed by atoms with Crippen LogP contribution in [0.2, 0.25) is 5.02 Å². The van der Waals surface area contributed by atoms with Crippen molar-refractivity contribution in [1.29, 1.82) is 0 Å². The number of ether oxygens (including phenoxy) is 3. The smallest absolute Gasteiger partial charge is 0.270 e. The van der Waals surface area contributed by atoms with Crippen LogP contribution in [-0.4, -0.2) is 34.9 Å². The molecule has 0 aliphatic heterocycles. The lowest BCUT2D eigenvalue weighted by molar-refractivity contribution is 0.373. The highest BCUT2D eigenvalue weighted by molar-refractivity contribution is 7.93. The number of aromatic nitrogens is 1. The fourth-order valence-corrected chi connectivity index (χ4v) is 4.06. The van der Waals surface area contributed by atoms with E-state index in [4.69, 9.17) is 30.3 Å². The van der Waals surface area contributed by atoms with Crippen molar-refractivity contribution >= 4 is 27.4 Å². The fraction of sp³-hybridized carbons (Fsp3) is 0.167. The summed E-state index contributed by atoms with van der Waals surface area (Å²) < 4.78 is 49.0. The first-order valence-electron chi connectivity index (χ1n) is 7.94. The van der Waals surface area contributed by atoms with Crippen molar-refractivity contribution in [2.45, 2.75) is 4.90 Å². The number of nitrogens with zero attached hydrogens (tertiary/aromatic N) is 1. The van der Waals surface area contributed by atoms with Crippen LogP contribution in [0.1, 0.15) is 0 Å². The lowest BCUT2D eigenvalue weighted by Gasteiger charge is -2.13. The summed E-state index contributed by atoms with van der Waals surface area (Å²) in [5.74, 6) is 1.02. The van der Waals surface area contributed by atoms with Gasteiger partial charge in [0.2, 0.25) is 0 Å². The Kier molecular flexibility index (Phi) is 5.66. The predicted octanol–water partition coefficient (Wildman–Crippen LogP) is 3.82. The highest BCUT2D eigenvalue weighted by atomic mass is 35.5. The number of hydrogen-bond donors (Lipinski definition) is 1. The van der Waals surface area contributed by atoms with Crippen molar-refractivity contribution in [2.24, 2.45) is 0 Å². The summed E-state index contributed by atoms with van der Waals surface area (Å²) >= 11 is 5.96. The number of benzene rings is 2. The fourth-order valence-electron chi connectivity index (χ4n) is 2.59. The molecule has 0 atom stereocenters. The highest BCUT2D eigenvalue weighted by Gasteiger charge is 2.26. The molecule has 0 saturated heterocycles. The molecule has 0 radical (unpaired) electrons. The topological polar surface area (TPSA) is 99.9 Å². The SMILES string of the molecule is COc1cc(Cl)ccc1-c1cc(NS(=O)(=O)c2c(OC)cccc2OC)no1. The average molecular weight is 425 g/mol. The third kappa shape index (κ3) is 3.85. The number of hydrogen-bond acceptors (Lipinski definition) is 7. The Morgan fingerprint density at radius 3 is 2.21 bits per heavy atom. The van der Waals surface area contributed by atoms with Gasteiger partial charge in [-0.15, -0.1) is 0 Å². The zero-order valence-corrected chi connectivity index (χ0v) is 16.8. The molecule has 0 bridgehead atoms. The van der Waals surface area contributed by atoms with E-state index in [1.165, 1.54) is 39.5 Å². The summed E-state index contributed by atoms with van der Waals surface area (Å²) in [4.78, 5) is -0.145. The first-order chi connectivity index (χ1) is 13.4. The third-order valence-corrected chi connectivity index (χ3v) is 5.48. The van der Waals surface area contributed by atoms with Crippen molar-refractivity contribution in [2.75, 3.05) is 26.1 Å². The second-order valence-corrected chi connectivity index (χ2v) is 7.57. The van der Waals surface area contributed by atoms with Crippen LogP contribution in [0.4, 0.5) is 5.82 Å². The van der Waals surface area contributed by atoms with E-state index >= 15 is 0 Å². The standard InChI is InChI=1S/C18H17ClN2O6S/c1-24-13-5-4-6-14(25-2)18(13)28(22,23)21-17-10-16(27-20-17)12-8-7-11(19)9-15(12)26-3/h4-10H,1-3H3,(H,20,21). The van der Waals surface area contributed by atoms with Gasteiger partial charge in [-0.05, 0) is 30.3 Å². The van der Waals surface area contributed by atoms with Crippen molar-refractivity contribution in [3.05, 3.63) is 47.5 Å². The molecular formula is C18H17ClN2O6S. The largest absolute Gasteiger partial charge is 0.496 e. The van der Waals surface area contributed by atoms with Gasteiger partial charge in [0.15, 0.2) is 16.5 Å². The predicted molar refractivity (Wildman–Crippen MR) is 104 cm³/mol. The highest BCUT2D eigenvalue weighted by Crippen LogP contribution is 2.36. The monoisotopic (exact) mass is 424 g/mol. The van der Waals surface area contributed by atoms with Crippen LogP contribution in [0.15, 0.2) is 51.9 Å². The summed E-state index contributed by atoms with van der Waals surface area (Å²) in [7, 11) is 0.164. The van der Waals surface area contributed by atoms with Gasteiger partial charge < -0.3 is 18.7 Å². The van der Waals surface area contributed by atoms with Crippen molar-refractivity contribution < 1.29 is 27.2 Å². The van der Waals surface area contributed by atoms with Gasteiger partial charge in [0.25, 0.3) is 10.0 Å². The summed E-state index contributed by atoms with van der Waals surface area (Å²) in [6, 6.07) is 11.0. The minimum Gasteiger partial charge on any atom is -0.496 e. The van der Waals surface area contributed by atoms with Gasteiger partial charge in [0.05, 0.1) is 26.9 Å². The van der Waals surface area contributed by atoms with Gasteiger partial charge in [-0.3, -0.25) is 4.72 Å². The van der Waals surface area contributed by atoms with Crippen LogP contribution in [0, 0.1) is 0 Å². The minimum absolute atomic E-state index is 0.0139. The molecule has 0 aliphatic rings. The Hall–Kier alpha value is -2.91. The van der Waals surface area contributed by atoms with Gasteiger partial charge in [0.1, 0.15) is 17.2 Å². The van der Waals surface area contributed by atoms with Crippen molar-refractivity contribution in [3.63, 3.8) is 0 Å². The van der Waals surface area contributed by atoms with Crippen LogP contribution in [0.25, 0.3) is 11.3 Å². The molecule has 0 spiro atoms. The molecule has 2 aromatic carbocycles. The zero-order valence-electron chi connectivity index (χ0n) is 15.2. The number of halogens is 1. The number of sulfonamides is 1. The first-order valence-corrected chi connectivity index (χ1v) is 9.80. The molecule has 0 unspecified atom stereocenters. The molecular weight excluding hydrogens is 408 g/mol. The van der Waals surface area contributed by atoms with Gasteiger partial charge in [-0.25, -0.2) is 8.42 Å². The molecule has 28 heavy (non-hydrogen) atoms. The number of methoxy groups -OCH3 is 3. The molecule has 148 valence electrons. The molecule has 10 heteroatoms. The quantitative estimate of drug-likeness (QED) is 0.615. The van der Waals surface area contributed by atoms with E-state index in [2.05, 4.69) is 9.88 Å². The maximum atomic E-state index is 12.9. The summed E-state index contributed by atoms with van der Waals surface area (Å²) in [6.07, 6.45) is 0. The normalized spacial score (nSPS) is 11.1. The summed E-state index contributed by atoms with van der Waals surface area (Å²) in [6.45, 7) is 0. The second-order valence-electron chi connectivity index (χ2n) is 5.52. The van der Waals surface area contributed by atoms with Crippen molar-refractivity contribution in [3.8, 4) is 28.6 Å². The van der Waals surface area contributed by atoms with Crippen LogP contribution in [-0.2, 0) is 10.0 Å². The first kappa shape index (κ1) is 19.8. The minimum atomic E-state index is -4.06. The Bertz CT molecular complexity index is 1070. The molecule has 0 fully saturated rings.